The number of amides is 3. The number of nitrogens with one attached hydrogen (secondary N) is 1. The number of benzene rings is 1. The van der Waals surface area contributed by atoms with E-state index in [2.05, 4.69) is 20.6 Å². The van der Waals surface area contributed by atoms with Crippen molar-refractivity contribution in [2.45, 2.75) is 26.4 Å². The van der Waals surface area contributed by atoms with E-state index < -0.39 is 0 Å². The van der Waals surface area contributed by atoms with Crippen LogP contribution in [-0.4, -0.2) is 71.4 Å². The smallest absolute Gasteiger partial charge is 0.317 e. The van der Waals surface area contributed by atoms with Crippen molar-refractivity contribution in [3.63, 3.8) is 0 Å². The molecule has 3 amide bonds. The number of nitrogens with zero attached hydrogens (tertiary/aromatic N) is 4. The molecule has 7 nitrogen and oxygen atoms in total. The summed E-state index contributed by atoms with van der Waals surface area (Å²) in [7, 11) is 1.76. The molecule has 1 saturated heterocycles. The Labute approximate surface area is 176 Å². The lowest BCUT2D eigenvalue weighted by atomic mass is 10.2. The van der Waals surface area contributed by atoms with Gasteiger partial charge in [0.2, 0.25) is 5.91 Å². The van der Waals surface area contributed by atoms with Crippen molar-refractivity contribution in [3.05, 3.63) is 52.0 Å². The maximum absolute atomic E-state index is 12.4. The minimum absolute atomic E-state index is 0.0974. The van der Waals surface area contributed by atoms with Crippen LogP contribution in [0.4, 0.5) is 4.79 Å². The molecule has 1 fully saturated rings. The second kappa shape index (κ2) is 10.4. The Morgan fingerprint density at radius 3 is 2.55 bits per heavy atom. The summed E-state index contributed by atoms with van der Waals surface area (Å²) in [5.74, 6) is 0.0974. The number of thiazole rings is 1. The van der Waals surface area contributed by atoms with E-state index in [1.165, 1.54) is 0 Å². The van der Waals surface area contributed by atoms with Gasteiger partial charge in [-0.25, -0.2) is 9.78 Å². The molecule has 1 aromatic heterocycles. The molecule has 1 aromatic carbocycles. The first kappa shape index (κ1) is 21.3. The van der Waals surface area contributed by atoms with Crippen molar-refractivity contribution in [1.82, 2.24) is 25.0 Å². The third-order valence-electron chi connectivity index (χ3n) is 5.00. The monoisotopic (exact) mass is 415 g/mol. The molecule has 0 atom stereocenters. The van der Waals surface area contributed by atoms with Crippen molar-refractivity contribution in [3.8, 4) is 0 Å². The summed E-state index contributed by atoms with van der Waals surface area (Å²) >= 11 is 1.67. The van der Waals surface area contributed by atoms with E-state index in [1.54, 1.807) is 23.3 Å². The molecule has 0 unspecified atom stereocenters. The Morgan fingerprint density at radius 2 is 1.90 bits per heavy atom. The van der Waals surface area contributed by atoms with Crippen LogP contribution >= 0.6 is 11.3 Å². The third-order valence-corrected chi connectivity index (χ3v) is 5.82. The molecule has 0 radical (unpaired) electrons. The number of aromatic nitrogens is 1. The van der Waals surface area contributed by atoms with Crippen LogP contribution in [0.2, 0.25) is 0 Å². The van der Waals surface area contributed by atoms with E-state index in [0.29, 0.717) is 19.5 Å². The van der Waals surface area contributed by atoms with Gasteiger partial charge in [-0.05, 0) is 12.5 Å². The second-order valence-corrected chi connectivity index (χ2v) is 8.40. The molecule has 29 heavy (non-hydrogen) atoms. The Hall–Kier alpha value is -2.45. The fraction of sp³-hybridized carbons (Fsp3) is 0.476. The first-order chi connectivity index (χ1) is 14.0. The topological polar surface area (TPSA) is 68.8 Å². The highest BCUT2D eigenvalue weighted by Gasteiger charge is 2.21. The Balaban J connectivity index is 1.33. The van der Waals surface area contributed by atoms with E-state index in [4.69, 9.17) is 0 Å². The van der Waals surface area contributed by atoms with E-state index in [0.717, 1.165) is 49.0 Å². The Bertz CT molecular complexity index is 802. The largest absolute Gasteiger partial charge is 0.340 e. The van der Waals surface area contributed by atoms with Crippen molar-refractivity contribution in [1.29, 1.82) is 0 Å². The summed E-state index contributed by atoms with van der Waals surface area (Å²) < 4.78 is 0. The minimum atomic E-state index is -0.162. The molecule has 1 aliphatic rings. The SMILES string of the molecule is Cc1nc(CN2CCN(C(=O)CCNC(=O)N(C)Cc3ccccc3)CC2)cs1. The van der Waals surface area contributed by atoms with Crippen LogP contribution in [-0.2, 0) is 17.9 Å². The summed E-state index contributed by atoms with van der Waals surface area (Å²) in [5, 5.41) is 6.03. The molecular formula is C21H29N5O2S. The number of carbonyl (C=O) groups is 2. The van der Waals surface area contributed by atoms with Crippen molar-refractivity contribution >= 4 is 23.3 Å². The molecule has 2 aromatic rings. The van der Waals surface area contributed by atoms with Crippen molar-refractivity contribution < 1.29 is 9.59 Å². The van der Waals surface area contributed by atoms with Crippen LogP contribution in [0.3, 0.4) is 0 Å². The average molecular weight is 416 g/mol. The lowest BCUT2D eigenvalue weighted by Gasteiger charge is -2.34. The van der Waals surface area contributed by atoms with Gasteiger partial charge in [-0.3, -0.25) is 9.69 Å². The van der Waals surface area contributed by atoms with E-state index in [1.807, 2.05) is 42.2 Å². The number of hydrogen-bond acceptors (Lipinski definition) is 5. The molecule has 1 aliphatic heterocycles. The first-order valence-corrected chi connectivity index (χ1v) is 10.8. The number of urea groups is 1. The molecule has 0 bridgehead atoms. The third kappa shape index (κ3) is 6.54. The van der Waals surface area contributed by atoms with Gasteiger partial charge >= 0.3 is 6.03 Å². The summed E-state index contributed by atoms with van der Waals surface area (Å²) in [5.41, 5.74) is 2.18. The van der Waals surface area contributed by atoms with Crippen LogP contribution in [0.25, 0.3) is 0 Å². The van der Waals surface area contributed by atoms with Gasteiger partial charge in [0.05, 0.1) is 10.7 Å². The van der Waals surface area contributed by atoms with Crippen LogP contribution in [0.5, 0.6) is 0 Å². The zero-order chi connectivity index (χ0) is 20.6. The van der Waals surface area contributed by atoms with Crippen LogP contribution in [0.1, 0.15) is 22.7 Å². The van der Waals surface area contributed by atoms with Gasteiger partial charge in [0.1, 0.15) is 0 Å². The molecule has 3 rings (SSSR count). The normalized spacial score (nSPS) is 14.6. The number of rotatable bonds is 7. The second-order valence-electron chi connectivity index (χ2n) is 7.34. The fourth-order valence-corrected chi connectivity index (χ4v) is 3.97. The highest BCUT2D eigenvalue weighted by Crippen LogP contribution is 2.12. The van der Waals surface area contributed by atoms with Gasteiger partial charge in [0.15, 0.2) is 0 Å². The molecule has 8 heteroatoms. The molecule has 2 heterocycles. The maximum atomic E-state index is 12.4. The lowest BCUT2D eigenvalue weighted by Crippen LogP contribution is -2.49. The van der Waals surface area contributed by atoms with Gasteiger partial charge < -0.3 is 15.1 Å². The van der Waals surface area contributed by atoms with Crippen LogP contribution < -0.4 is 5.32 Å². The van der Waals surface area contributed by atoms with Gasteiger partial charge in [-0.2, -0.15) is 0 Å². The zero-order valence-corrected chi connectivity index (χ0v) is 18.0. The quantitative estimate of drug-likeness (QED) is 0.754. The number of aryl methyl sites for hydroxylation is 1. The van der Waals surface area contributed by atoms with Crippen molar-refractivity contribution in [2.75, 3.05) is 39.8 Å². The number of piperazine rings is 1. The summed E-state index contributed by atoms with van der Waals surface area (Å²) in [6, 6.07) is 9.68. The average Bonchev–Trinajstić information content (AvgIpc) is 3.13. The first-order valence-electron chi connectivity index (χ1n) is 9.95. The van der Waals surface area contributed by atoms with Crippen molar-refractivity contribution in [2.24, 2.45) is 0 Å². The number of carbonyl (C=O) groups excluding carboxylic acids is 2. The summed E-state index contributed by atoms with van der Waals surface area (Å²) in [4.78, 5) is 35.0. The molecule has 0 saturated carbocycles. The minimum Gasteiger partial charge on any atom is -0.340 e. The number of hydrogen-bond donors (Lipinski definition) is 1. The van der Waals surface area contributed by atoms with E-state index >= 15 is 0 Å². The standard InChI is InChI=1S/C21H29N5O2S/c1-17-23-19(16-29-17)15-25-10-12-26(13-11-25)20(27)8-9-22-21(28)24(2)14-18-6-4-3-5-7-18/h3-7,16H,8-15H2,1-2H3,(H,22,28). The Morgan fingerprint density at radius 1 is 1.17 bits per heavy atom. The predicted molar refractivity (Wildman–Crippen MR) is 115 cm³/mol. The fourth-order valence-electron chi connectivity index (χ4n) is 3.36. The van der Waals surface area contributed by atoms with Crippen LogP contribution in [0, 0.1) is 6.92 Å². The predicted octanol–water partition coefficient (Wildman–Crippen LogP) is 2.33. The molecule has 156 valence electrons. The summed E-state index contributed by atoms with van der Waals surface area (Å²) in [6.07, 6.45) is 0.330. The molecule has 0 aliphatic carbocycles. The summed E-state index contributed by atoms with van der Waals surface area (Å²) in [6.45, 7) is 6.92. The van der Waals surface area contributed by atoms with Gasteiger partial charge in [0.25, 0.3) is 0 Å². The maximum Gasteiger partial charge on any atom is 0.317 e. The Kier molecular flexibility index (Phi) is 7.60. The highest BCUT2D eigenvalue weighted by molar-refractivity contribution is 7.09. The van der Waals surface area contributed by atoms with Crippen LogP contribution in [0.15, 0.2) is 35.7 Å². The lowest BCUT2D eigenvalue weighted by molar-refractivity contribution is -0.132. The molecule has 1 N–H and O–H groups in total. The van der Waals surface area contributed by atoms with Gasteiger partial charge in [-0.1, -0.05) is 30.3 Å². The highest BCUT2D eigenvalue weighted by atomic mass is 32.1. The van der Waals surface area contributed by atoms with Gasteiger partial charge in [0, 0.05) is 64.7 Å². The van der Waals surface area contributed by atoms with E-state index in [-0.39, 0.29) is 11.9 Å². The zero-order valence-electron chi connectivity index (χ0n) is 17.1. The molecular weight excluding hydrogens is 386 g/mol. The van der Waals surface area contributed by atoms with Gasteiger partial charge in [-0.15, -0.1) is 11.3 Å². The van der Waals surface area contributed by atoms with E-state index in [9.17, 15) is 9.59 Å². The molecule has 0 spiro atoms.